The van der Waals surface area contributed by atoms with Gasteiger partial charge in [-0.25, -0.2) is 14.6 Å². The highest BCUT2D eigenvalue weighted by Gasteiger charge is 2.31. The molecule has 2 amide bonds. The molecule has 0 aliphatic heterocycles. The van der Waals surface area contributed by atoms with Crippen LogP contribution in [0.15, 0.2) is 41.9 Å². The maximum absolute atomic E-state index is 12.8. The van der Waals surface area contributed by atoms with E-state index in [-0.39, 0.29) is 10.7 Å². The number of hydrogen-bond acceptors (Lipinski definition) is 8. The van der Waals surface area contributed by atoms with Crippen LogP contribution in [0.3, 0.4) is 0 Å². The lowest BCUT2D eigenvalue weighted by Gasteiger charge is -2.18. The van der Waals surface area contributed by atoms with Crippen LogP contribution in [0.25, 0.3) is 11.1 Å². The Hall–Kier alpha value is -4.07. The van der Waals surface area contributed by atoms with Crippen LogP contribution in [0, 0.1) is 0 Å². The summed E-state index contributed by atoms with van der Waals surface area (Å²) in [5.74, 6) is -5.22. The maximum atomic E-state index is 12.8. The molecular weight excluding hydrogens is 441 g/mol. The highest BCUT2D eigenvalue weighted by atomic mass is 32.1. The summed E-state index contributed by atoms with van der Waals surface area (Å²) in [4.78, 5) is 52.6. The topological polar surface area (TPSA) is 200 Å². The molecule has 1 aromatic heterocycles. The minimum Gasteiger partial charge on any atom is -0.478 e. The molecule has 3 aromatic rings. The van der Waals surface area contributed by atoms with Crippen LogP contribution in [-0.4, -0.2) is 56.1 Å². The molecule has 0 saturated heterocycles. The molecule has 0 spiro atoms. The first-order chi connectivity index (χ1) is 15.1. The molecule has 32 heavy (non-hydrogen) atoms. The number of nitrogens with one attached hydrogen (secondary N) is 1. The summed E-state index contributed by atoms with van der Waals surface area (Å²) < 4.78 is 0. The van der Waals surface area contributed by atoms with Crippen LogP contribution in [0.4, 0.5) is 5.13 Å². The molecule has 0 fully saturated rings. The minimum absolute atomic E-state index is 0.182. The van der Waals surface area contributed by atoms with E-state index < -0.39 is 64.2 Å². The summed E-state index contributed by atoms with van der Waals surface area (Å²) in [6.45, 7) is 0. The van der Waals surface area contributed by atoms with Crippen molar-refractivity contribution in [2.75, 3.05) is 5.32 Å². The molecule has 11 nitrogen and oxygen atoms in total. The molecule has 3 rings (SSSR count). The van der Waals surface area contributed by atoms with Gasteiger partial charge in [0.2, 0.25) is 5.91 Å². The summed E-state index contributed by atoms with van der Waals surface area (Å²) in [5, 5.41) is 43.4. The number of amides is 2. The van der Waals surface area contributed by atoms with Gasteiger partial charge < -0.3 is 26.0 Å². The monoisotopic (exact) mass is 455 g/mol. The molecule has 0 atom stereocenters. The lowest BCUT2D eigenvalue weighted by molar-refractivity contribution is 0.0681. The van der Waals surface area contributed by atoms with Crippen molar-refractivity contribution >= 4 is 52.8 Å². The predicted octanol–water partition coefficient (Wildman–Crippen LogP) is 0.237. The van der Waals surface area contributed by atoms with Crippen molar-refractivity contribution in [3.63, 3.8) is 0 Å². The Morgan fingerprint density at radius 3 is 2.19 bits per heavy atom. The molecule has 0 radical (unpaired) electrons. The first-order valence-corrected chi connectivity index (χ1v) is 9.65. The first kappa shape index (κ1) is 22.6. The Morgan fingerprint density at radius 2 is 1.66 bits per heavy atom. The highest BCUT2D eigenvalue weighted by molar-refractivity contribution is 7.13. The number of nitrogens with two attached hydrogens (primary N) is 1. The van der Waals surface area contributed by atoms with Crippen LogP contribution >= 0.6 is 11.3 Å². The average molecular weight is 455 g/mol. The number of thiazole rings is 1. The normalized spacial score (nSPS) is 10.4. The van der Waals surface area contributed by atoms with Gasteiger partial charge in [0.1, 0.15) is 0 Å². The zero-order valence-electron chi connectivity index (χ0n) is 16.0. The summed E-state index contributed by atoms with van der Waals surface area (Å²) in [5.41, 5.74) is 1.90. The number of carboxylic acids is 2. The Bertz CT molecular complexity index is 1240. The fourth-order valence-corrected chi connectivity index (χ4v) is 3.71. The van der Waals surface area contributed by atoms with Crippen molar-refractivity contribution in [2.45, 2.75) is 0 Å². The van der Waals surface area contributed by atoms with Crippen molar-refractivity contribution in [1.82, 2.24) is 4.98 Å². The number of carboxylic acid groups (broad SMARTS) is 2. The predicted molar refractivity (Wildman–Crippen MR) is 114 cm³/mol. The third kappa shape index (κ3) is 4.20. The smallest absolute Gasteiger partial charge is 0.478 e. The van der Waals surface area contributed by atoms with E-state index in [1.807, 2.05) is 0 Å². The molecule has 162 valence electrons. The van der Waals surface area contributed by atoms with Crippen molar-refractivity contribution in [2.24, 2.45) is 5.73 Å². The molecule has 0 aliphatic rings. The van der Waals surface area contributed by atoms with Crippen molar-refractivity contribution in [3.8, 4) is 11.1 Å². The van der Waals surface area contributed by atoms with Crippen molar-refractivity contribution < 1.29 is 39.4 Å². The van der Waals surface area contributed by atoms with E-state index in [1.165, 1.54) is 18.3 Å². The number of primary amides is 1. The van der Waals surface area contributed by atoms with E-state index in [0.29, 0.717) is 0 Å². The van der Waals surface area contributed by atoms with Gasteiger partial charge in [-0.2, -0.15) is 0 Å². The number of carbonyl (C=O) groups is 4. The Morgan fingerprint density at radius 1 is 0.969 bits per heavy atom. The number of carbonyl (C=O) groups excluding carboxylic acids is 2. The van der Waals surface area contributed by atoms with Gasteiger partial charge in [0.15, 0.2) is 5.13 Å². The van der Waals surface area contributed by atoms with Crippen LogP contribution in [0.1, 0.15) is 41.4 Å². The molecule has 1 heterocycles. The molecule has 0 aliphatic carbocycles. The SMILES string of the molecule is NC(=O)c1cccc(-c2c(B(O)O)ccc(C(=O)Nc3nccs3)c2C(=O)O)c1C(=O)O. The number of hydrogen-bond donors (Lipinski definition) is 6. The largest absolute Gasteiger partial charge is 0.489 e. The van der Waals surface area contributed by atoms with Gasteiger partial charge in [0.25, 0.3) is 5.91 Å². The van der Waals surface area contributed by atoms with Crippen LogP contribution in [0.2, 0.25) is 0 Å². The summed E-state index contributed by atoms with van der Waals surface area (Å²) in [7, 11) is -2.22. The van der Waals surface area contributed by atoms with Gasteiger partial charge in [-0.05, 0) is 28.7 Å². The first-order valence-electron chi connectivity index (χ1n) is 8.77. The number of rotatable bonds is 7. The summed E-state index contributed by atoms with van der Waals surface area (Å²) in [6, 6.07) is 5.69. The Labute approximate surface area is 183 Å². The van der Waals surface area contributed by atoms with Crippen LogP contribution in [-0.2, 0) is 0 Å². The average Bonchev–Trinajstić information content (AvgIpc) is 3.24. The molecular formula is C19H14BN3O8S. The lowest BCUT2D eigenvalue weighted by atomic mass is 9.72. The zero-order valence-corrected chi connectivity index (χ0v) is 16.8. The van der Waals surface area contributed by atoms with Crippen LogP contribution in [0.5, 0.6) is 0 Å². The fraction of sp³-hybridized carbons (Fsp3) is 0. The number of anilines is 1. The third-order valence-electron chi connectivity index (χ3n) is 4.44. The van der Waals surface area contributed by atoms with Gasteiger partial charge in [-0.3, -0.25) is 14.9 Å². The van der Waals surface area contributed by atoms with Crippen molar-refractivity contribution in [3.05, 3.63) is 64.2 Å². The number of aromatic nitrogens is 1. The second kappa shape index (κ2) is 8.97. The van der Waals surface area contributed by atoms with Crippen LogP contribution < -0.4 is 16.5 Å². The van der Waals surface area contributed by atoms with E-state index in [1.54, 1.807) is 5.38 Å². The zero-order chi connectivity index (χ0) is 23.6. The highest BCUT2D eigenvalue weighted by Crippen LogP contribution is 2.31. The maximum Gasteiger partial charge on any atom is 0.489 e. The van der Waals surface area contributed by atoms with E-state index >= 15 is 0 Å². The molecule has 2 aromatic carbocycles. The van der Waals surface area contributed by atoms with Gasteiger partial charge in [0, 0.05) is 11.6 Å². The van der Waals surface area contributed by atoms with Crippen molar-refractivity contribution in [1.29, 1.82) is 0 Å². The molecule has 0 bridgehead atoms. The number of nitrogens with zero attached hydrogens (tertiary/aromatic N) is 1. The van der Waals surface area contributed by atoms with Gasteiger partial charge in [0.05, 0.1) is 22.3 Å². The van der Waals surface area contributed by atoms with E-state index in [9.17, 15) is 39.4 Å². The molecule has 0 unspecified atom stereocenters. The standard InChI is InChI=1S/C19H14BN3O8S/c21-15(24)9-3-1-2-8(12(9)17(26)27)13-11(20(30)31)5-4-10(14(13)18(28)29)16(25)23-19-22-6-7-32-19/h1-7,30-31H,(H2,21,24)(H,26,27)(H,28,29)(H,22,23,25). The van der Waals surface area contributed by atoms with E-state index in [4.69, 9.17) is 5.73 Å². The Kier molecular flexibility index (Phi) is 6.34. The fourth-order valence-electron chi connectivity index (χ4n) is 3.18. The second-order valence-corrected chi connectivity index (χ2v) is 7.21. The minimum atomic E-state index is -2.22. The van der Waals surface area contributed by atoms with E-state index in [2.05, 4.69) is 10.3 Å². The number of aromatic carboxylic acids is 2. The van der Waals surface area contributed by atoms with Gasteiger partial charge >= 0.3 is 19.1 Å². The summed E-state index contributed by atoms with van der Waals surface area (Å²) in [6.07, 6.45) is 1.42. The summed E-state index contributed by atoms with van der Waals surface area (Å²) >= 11 is 1.08. The molecule has 13 heteroatoms. The quantitative estimate of drug-likeness (QED) is 0.270. The van der Waals surface area contributed by atoms with E-state index in [0.717, 1.165) is 29.5 Å². The molecule has 0 saturated carbocycles. The molecule has 7 N–H and O–H groups in total. The Balaban J connectivity index is 2.38. The number of benzene rings is 2. The van der Waals surface area contributed by atoms with Gasteiger partial charge in [-0.1, -0.05) is 18.2 Å². The van der Waals surface area contributed by atoms with Gasteiger partial charge in [-0.15, -0.1) is 11.3 Å². The lowest BCUT2D eigenvalue weighted by Crippen LogP contribution is -2.34. The second-order valence-electron chi connectivity index (χ2n) is 6.32. The third-order valence-corrected chi connectivity index (χ3v) is 5.13.